The van der Waals surface area contributed by atoms with Crippen LogP contribution >= 0.6 is 0 Å². The molecule has 3 atom stereocenters. The smallest absolute Gasteiger partial charge is 0.330 e. The third-order valence-electron chi connectivity index (χ3n) is 5.16. The van der Waals surface area contributed by atoms with Gasteiger partial charge in [0.05, 0.1) is 18.4 Å². The Balaban J connectivity index is 2.00. The van der Waals surface area contributed by atoms with Crippen molar-refractivity contribution in [1.29, 1.82) is 0 Å². The molecule has 0 radical (unpaired) electrons. The quantitative estimate of drug-likeness (QED) is 0.415. The predicted octanol–water partition coefficient (Wildman–Crippen LogP) is 2.99. The summed E-state index contributed by atoms with van der Waals surface area (Å²) in [7, 11) is 0. The topological polar surface area (TPSA) is 69.7 Å². The lowest BCUT2D eigenvalue weighted by Crippen LogP contribution is -2.20. The number of hydrogen-bond donors (Lipinski definition) is 0. The van der Waals surface area contributed by atoms with E-state index in [-0.39, 0.29) is 47.9 Å². The number of hydrogen-bond acceptors (Lipinski definition) is 5. The molecule has 0 aromatic rings. The van der Waals surface area contributed by atoms with Crippen LogP contribution < -0.4 is 0 Å². The van der Waals surface area contributed by atoms with E-state index in [0.717, 1.165) is 5.57 Å². The van der Waals surface area contributed by atoms with Gasteiger partial charge in [0.15, 0.2) is 5.78 Å². The van der Waals surface area contributed by atoms with Crippen molar-refractivity contribution in [1.82, 2.24) is 0 Å². The summed E-state index contributed by atoms with van der Waals surface area (Å²) in [6.45, 7) is 9.25. The molecule has 140 valence electrons. The Morgan fingerprint density at radius 1 is 1.38 bits per heavy atom. The van der Waals surface area contributed by atoms with Gasteiger partial charge < -0.3 is 9.47 Å². The first-order chi connectivity index (χ1) is 12.1. The van der Waals surface area contributed by atoms with Crippen LogP contribution in [-0.2, 0) is 23.9 Å². The average Bonchev–Trinajstić information content (AvgIpc) is 2.99. The molecule has 0 aromatic heterocycles. The first-order valence-electron chi connectivity index (χ1n) is 8.85. The molecule has 5 heteroatoms. The molecule has 0 spiro atoms. The summed E-state index contributed by atoms with van der Waals surface area (Å²) in [5.74, 6) is 1.21. The Kier molecular flexibility index (Phi) is 5.75. The highest BCUT2D eigenvalue weighted by Gasteiger charge is 2.61. The number of rotatable bonds is 6. The monoisotopic (exact) mass is 358 g/mol. The molecule has 0 aliphatic heterocycles. The number of Topliss-reactive ketones (excluding diaryl/α,β-unsaturated/α-hetero) is 1. The summed E-state index contributed by atoms with van der Waals surface area (Å²) in [6.07, 6.45) is 8.06. The van der Waals surface area contributed by atoms with Crippen LogP contribution in [0.4, 0.5) is 0 Å². The maximum atomic E-state index is 12.6. The molecule has 2 aliphatic rings. The van der Waals surface area contributed by atoms with Crippen LogP contribution in [0.5, 0.6) is 0 Å². The minimum absolute atomic E-state index is 0.0545. The third-order valence-corrected chi connectivity index (χ3v) is 5.16. The van der Waals surface area contributed by atoms with Crippen molar-refractivity contribution in [2.45, 2.75) is 59.7 Å². The summed E-state index contributed by atoms with van der Waals surface area (Å²) in [5, 5.41) is 0. The fourth-order valence-electron chi connectivity index (χ4n) is 3.48. The fraction of sp³-hybridized carbons (Fsp3) is 0.571. The molecule has 0 N–H and O–H groups in total. The van der Waals surface area contributed by atoms with E-state index in [1.807, 2.05) is 13.8 Å². The molecule has 5 nitrogen and oxygen atoms in total. The summed E-state index contributed by atoms with van der Waals surface area (Å²) >= 11 is 0. The van der Waals surface area contributed by atoms with E-state index in [9.17, 15) is 14.4 Å². The van der Waals surface area contributed by atoms with Crippen molar-refractivity contribution >= 4 is 17.7 Å². The van der Waals surface area contributed by atoms with Gasteiger partial charge in [0.1, 0.15) is 6.10 Å². The zero-order valence-electron chi connectivity index (χ0n) is 16.0. The molecular formula is C21H26O5. The standard InChI is InChI=1S/C21H26O5/c1-7-8-14-13(4)17(11-16(14)22)26-20(24)19-15(21(19,5)6)9-10-18(23)25-12(2)3/h1,9-10,12,15,17,19H,8,11H2,2-6H3. The second-order valence-electron chi connectivity index (χ2n) is 7.76. The normalized spacial score (nSPS) is 27.0. The number of terminal acetylenes is 1. The molecule has 0 heterocycles. The van der Waals surface area contributed by atoms with Crippen molar-refractivity contribution < 1.29 is 23.9 Å². The molecule has 0 aromatic carbocycles. The van der Waals surface area contributed by atoms with Gasteiger partial charge in [-0.2, -0.15) is 0 Å². The lowest BCUT2D eigenvalue weighted by molar-refractivity contribution is -0.150. The van der Waals surface area contributed by atoms with Gasteiger partial charge in [0.2, 0.25) is 0 Å². The number of carbonyl (C=O) groups is 3. The van der Waals surface area contributed by atoms with Crippen molar-refractivity contribution in [2.24, 2.45) is 17.3 Å². The van der Waals surface area contributed by atoms with E-state index < -0.39 is 12.1 Å². The molecule has 1 saturated carbocycles. The predicted molar refractivity (Wildman–Crippen MR) is 96.8 cm³/mol. The van der Waals surface area contributed by atoms with Crippen molar-refractivity contribution in [3.63, 3.8) is 0 Å². The molecule has 26 heavy (non-hydrogen) atoms. The average molecular weight is 358 g/mol. The molecule has 1 fully saturated rings. The minimum Gasteiger partial charge on any atom is -0.460 e. The molecule has 3 unspecified atom stereocenters. The number of allylic oxidation sites excluding steroid dienone is 2. The van der Waals surface area contributed by atoms with Crippen molar-refractivity contribution in [2.75, 3.05) is 0 Å². The first kappa shape index (κ1) is 20.0. The molecule has 2 rings (SSSR count). The molecular weight excluding hydrogens is 332 g/mol. The summed E-state index contributed by atoms with van der Waals surface area (Å²) in [4.78, 5) is 36.2. The first-order valence-corrected chi connectivity index (χ1v) is 8.85. The fourth-order valence-corrected chi connectivity index (χ4v) is 3.48. The Hall–Kier alpha value is -2.35. The van der Waals surface area contributed by atoms with Gasteiger partial charge in [0, 0.05) is 18.1 Å². The lowest BCUT2D eigenvalue weighted by Gasteiger charge is -2.13. The second-order valence-corrected chi connectivity index (χ2v) is 7.76. The van der Waals surface area contributed by atoms with E-state index in [2.05, 4.69) is 5.92 Å². The van der Waals surface area contributed by atoms with Crippen LogP contribution in [0.3, 0.4) is 0 Å². The number of carbonyl (C=O) groups excluding carboxylic acids is 3. The Bertz CT molecular complexity index is 717. The van der Waals surface area contributed by atoms with Crippen LogP contribution in [0.2, 0.25) is 0 Å². The third kappa shape index (κ3) is 4.07. The van der Waals surface area contributed by atoms with Gasteiger partial charge in [-0.3, -0.25) is 9.59 Å². The number of esters is 2. The zero-order chi connectivity index (χ0) is 19.6. The van der Waals surface area contributed by atoms with Gasteiger partial charge in [-0.25, -0.2) is 4.79 Å². The number of ketones is 1. The summed E-state index contributed by atoms with van der Waals surface area (Å²) in [5.41, 5.74) is 1.02. The SMILES string of the molecule is C#CCC1=C(C)C(OC(=O)C2C(C=CC(=O)OC(C)C)C2(C)C)CC1=O. The summed E-state index contributed by atoms with van der Waals surface area (Å²) in [6, 6.07) is 0. The summed E-state index contributed by atoms with van der Waals surface area (Å²) < 4.78 is 10.7. The van der Waals surface area contributed by atoms with Gasteiger partial charge in [-0.05, 0) is 37.7 Å². The highest BCUT2D eigenvalue weighted by Crippen LogP contribution is 2.59. The molecule has 2 aliphatic carbocycles. The largest absolute Gasteiger partial charge is 0.460 e. The van der Waals surface area contributed by atoms with Gasteiger partial charge in [-0.1, -0.05) is 19.9 Å². The van der Waals surface area contributed by atoms with E-state index in [0.29, 0.717) is 5.57 Å². The van der Waals surface area contributed by atoms with Crippen LogP contribution in [0, 0.1) is 29.6 Å². The molecule has 0 bridgehead atoms. The maximum Gasteiger partial charge on any atom is 0.330 e. The van der Waals surface area contributed by atoms with Gasteiger partial charge >= 0.3 is 11.9 Å². The second kappa shape index (κ2) is 7.49. The Morgan fingerprint density at radius 3 is 2.62 bits per heavy atom. The van der Waals surface area contributed by atoms with Gasteiger partial charge in [-0.15, -0.1) is 12.3 Å². The maximum absolute atomic E-state index is 12.6. The van der Waals surface area contributed by atoms with E-state index in [4.69, 9.17) is 15.9 Å². The highest BCUT2D eigenvalue weighted by molar-refractivity contribution is 6.00. The number of ether oxygens (including phenoxy) is 2. The van der Waals surface area contributed by atoms with Crippen LogP contribution in [0.25, 0.3) is 0 Å². The van der Waals surface area contributed by atoms with Crippen LogP contribution in [-0.4, -0.2) is 29.9 Å². The van der Waals surface area contributed by atoms with Crippen molar-refractivity contribution in [3.05, 3.63) is 23.3 Å². The Labute approximate surface area is 154 Å². The molecule has 0 amide bonds. The van der Waals surface area contributed by atoms with E-state index in [1.165, 1.54) is 6.08 Å². The van der Waals surface area contributed by atoms with Gasteiger partial charge in [0.25, 0.3) is 0 Å². The zero-order valence-corrected chi connectivity index (χ0v) is 16.0. The van der Waals surface area contributed by atoms with Crippen LogP contribution in [0.1, 0.15) is 47.5 Å². The van der Waals surface area contributed by atoms with Crippen LogP contribution in [0.15, 0.2) is 23.3 Å². The minimum atomic E-state index is -0.537. The van der Waals surface area contributed by atoms with Crippen molar-refractivity contribution in [3.8, 4) is 12.3 Å². The highest BCUT2D eigenvalue weighted by atomic mass is 16.5. The van der Waals surface area contributed by atoms with E-state index >= 15 is 0 Å². The Morgan fingerprint density at radius 2 is 2.04 bits per heavy atom. The lowest BCUT2D eigenvalue weighted by atomic mass is 10.1. The van der Waals surface area contributed by atoms with E-state index in [1.54, 1.807) is 26.8 Å². The molecule has 0 saturated heterocycles.